The predicted octanol–water partition coefficient (Wildman–Crippen LogP) is 4.20. The van der Waals surface area contributed by atoms with Crippen LogP contribution in [0.3, 0.4) is 0 Å². The molecule has 0 aliphatic carbocycles. The second-order valence-corrected chi connectivity index (χ2v) is 5.36. The lowest BCUT2D eigenvalue weighted by Crippen LogP contribution is -2.32. The molecule has 112 valence electrons. The number of anilines is 1. The maximum Gasteiger partial charge on any atom is 0.170 e. The Labute approximate surface area is 128 Å². The van der Waals surface area contributed by atoms with Gasteiger partial charge in [-0.2, -0.15) is 0 Å². The molecule has 1 unspecified atom stereocenters. The highest BCUT2D eigenvalue weighted by Gasteiger charge is 2.08. The zero-order valence-electron chi connectivity index (χ0n) is 12.7. The van der Waals surface area contributed by atoms with Gasteiger partial charge in [0, 0.05) is 6.54 Å². The van der Waals surface area contributed by atoms with Gasteiger partial charge in [0.15, 0.2) is 5.11 Å². The lowest BCUT2D eigenvalue weighted by atomic mass is 9.99. The molecule has 0 radical (unpaired) electrons. The summed E-state index contributed by atoms with van der Waals surface area (Å²) in [5, 5.41) is 7.16. The SMILES string of the molecule is CCCCC(CC)CNC(=S)Nc1ccccc1OC. The van der Waals surface area contributed by atoms with Crippen LogP contribution in [-0.4, -0.2) is 18.8 Å². The van der Waals surface area contributed by atoms with Gasteiger partial charge in [0.25, 0.3) is 0 Å². The normalized spacial score (nSPS) is 11.8. The summed E-state index contributed by atoms with van der Waals surface area (Å²) in [6.45, 7) is 5.39. The molecule has 0 heterocycles. The third kappa shape index (κ3) is 5.78. The van der Waals surface area contributed by atoms with E-state index in [1.165, 1.54) is 25.7 Å². The van der Waals surface area contributed by atoms with Crippen molar-refractivity contribution in [2.45, 2.75) is 39.5 Å². The fourth-order valence-electron chi connectivity index (χ4n) is 2.09. The highest BCUT2D eigenvalue weighted by atomic mass is 32.1. The van der Waals surface area contributed by atoms with Crippen LogP contribution in [0.4, 0.5) is 5.69 Å². The van der Waals surface area contributed by atoms with Crippen LogP contribution in [-0.2, 0) is 0 Å². The number of thiocarbonyl (C=S) groups is 1. The second kappa shape index (κ2) is 9.59. The van der Waals surface area contributed by atoms with Crippen LogP contribution in [0.15, 0.2) is 24.3 Å². The summed E-state index contributed by atoms with van der Waals surface area (Å²) < 4.78 is 5.30. The molecular weight excluding hydrogens is 268 g/mol. The van der Waals surface area contributed by atoms with E-state index >= 15 is 0 Å². The van der Waals surface area contributed by atoms with Crippen LogP contribution in [0.5, 0.6) is 5.75 Å². The standard InChI is InChI=1S/C16H26N2OS/c1-4-6-9-13(5-2)12-17-16(20)18-14-10-7-8-11-15(14)19-3/h7-8,10-11,13H,4-6,9,12H2,1-3H3,(H2,17,18,20). The van der Waals surface area contributed by atoms with Crippen molar-refractivity contribution in [3.63, 3.8) is 0 Å². The van der Waals surface area contributed by atoms with E-state index in [9.17, 15) is 0 Å². The first kappa shape index (κ1) is 16.8. The molecule has 0 fully saturated rings. The van der Waals surface area contributed by atoms with Gasteiger partial charge in [-0.05, 0) is 36.7 Å². The van der Waals surface area contributed by atoms with E-state index in [4.69, 9.17) is 17.0 Å². The molecule has 3 nitrogen and oxygen atoms in total. The number of unbranched alkanes of at least 4 members (excludes halogenated alkanes) is 1. The molecule has 0 saturated heterocycles. The molecule has 0 spiro atoms. The van der Waals surface area contributed by atoms with Crippen LogP contribution in [0, 0.1) is 5.92 Å². The van der Waals surface area contributed by atoms with Gasteiger partial charge in [0.05, 0.1) is 12.8 Å². The molecule has 0 bridgehead atoms. The van der Waals surface area contributed by atoms with Crippen LogP contribution >= 0.6 is 12.2 Å². The molecule has 20 heavy (non-hydrogen) atoms. The Kier molecular flexibility index (Phi) is 8.04. The summed E-state index contributed by atoms with van der Waals surface area (Å²) in [4.78, 5) is 0. The van der Waals surface area contributed by atoms with Crippen LogP contribution in [0.2, 0.25) is 0 Å². The highest BCUT2D eigenvalue weighted by molar-refractivity contribution is 7.80. The Hall–Kier alpha value is -1.29. The number of para-hydroxylation sites is 2. The van der Waals surface area contributed by atoms with Crippen LogP contribution in [0.25, 0.3) is 0 Å². The summed E-state index contributed by atoms with van der Waals surface area (Å²) in [5.74, 6) is 1.49. The van der Waals surface area contributed by atoms with Gasteiger partial charge in [-0.1, -0.05) is 45.2 Å². The predicted molar refractivity (Wildman–Crippen MR) is 90.5 cm³/mol. The Morgan fingerprint density at radius 1 is 1.30 bits per heavy atom. The van der Waals surface area contributed by atoms with Gasteiger partial charge in [-0.15, -0.1) is 0 Å². The number of rotatable bonds is 8. The highest BCUT2D eigenvalue weighted by Crippen LogP contribution is 2.22. The number of ether oxygens (including phenoxy) is 1. The molecule has 1 aromatic rings. The molecule has 1 aromatic carbocycles. The van der Waals surface area contributed by atoms with E-state index in [2.05, 4.69) is 24.5 Å². The van der Waals surface area contributed by atoms with Gasteiger partial charge in [0.1, 0.15) is 5.75 Å². The van der Waals surface area contributed by atoms with Crippen molar-refractivity contribution in [2.24, 2.45) is 5.92 Å². The first-order chi connectivity index (χ1) is 9.71. The van der Waals surface area contributed by atoms with Crippen molar-refractivity contribution in [3.8, 4) is 5.75 Å². The van der Waals surface area contributed by atoms with E-state index in [-0.39, 0.29) is 0 Å². The molecule has 4 heteroatoms. The Balaban J connectivity index is 2.43. The first-order valence-corrected chi connectivity index (χ1v) is 7.79. The molecule has 2 N–H and O–H groups in total. The van der Waals surface area contributed by atoms with Gasteiger partial charge in [0.2, 0.25) is 0 Å². The van der Waals surface area contributed by atoms with E-state index < -0.39 is 0 Å². The fraction of sp³-hybridized carbons (Fsp3) is 0.562. The van der Waals surface area contributed by atoms with Crippen molar-refractivity contribution in [2.75, 3.05) is 19.0 Å². The molecule has 0 saturated carbocycles. The molecule has 0 aliphatic rings. The maximum atomic E-state index is 5.34. The summed E-state index contributed by atoms with van der Waals surface area (Å²) in [6, 6.07) is 7.78. The monoisotopic (exact) mass is 294 g/mol. The van der Waals surface area contributed by atoms with Gasteiger partial charge >= 0.3 is 0 Å². The summed E-state index contributed by atoms with van der Waals surface area (Å²) in [7, 11) is 1.66. The second-order valence-electron chi connectivity index (χ2n) is 4.95. The minimum Gasteiger partial charge on any atom is -0.495 e. The van der Waals surface area contributed by atoms with Crippen molar-refractivity contribution in [1.82, 2.24) is 5.32 Å². The van der Waals surface area contributed by atoms with E-state index in [0.717, 1.165) is 18.0 Å². The topological polar surface area (TPSA) is 33.3 Å². The minimum absolute atomic E-state index is 0.657. The molecule has 0 amide bonds. The number of benzene rings is 1. The van der Waals surface area contributed by atoms with E-state index in [1.807, 2.05) is 24.3 Å². The number of hydrogen-bond donors (Lipinski definition) is 2. The molecule has 1 atom stereocenters. The van der Waals surface area contributed by atoms with Gasteiger partial charge < -0.3 is 15.4 Å². The smallest absolute Gasteiger partial charge is 0.170 e. The summed E-state index contributed by atoms with van der Waals surface area (Å²) in [6.07, 6.45) is 4.98. The average Bonchev–Trinajstić information content (AvgIpc) is 2.48. The third-order valence-corrected chi connectivity index (χ3v) is 3.70. The number of hydrogen-bond acceptors (Lipinski definition) is 2. The van der Waals surface area contributed by atoms with Crippen LogP contribution in [0.1, 0.15) is 39.5 Å². The Morgan fingerprint density at radius 2 is 2.05 bits per heavy atom. The lowest BCUT2D eigenvalue weighted by molar-refractivity contribution is 0.417. The lowest BCUT2D eigenvalue weighted by Gasteiger charge is -2.18. The largest absolute Gasteiger partial charge is 0.495 e. The average molecular weight is 294 g/mol. The minimum atomic E-state index is 0.657. The van der Waals surface area contributed by atoms with Crippen molar-refractivity contribution in [3.05, 3.63) is 24.3 Å². The van der Waals surface area contributed by atoms with Crippen LogP contribution < -0.4 is 15.4 Å². The van der Waals surface area contributed by atoms with Gasteiger partial charge in [-0.25, -0.2) is 0 Å². The quantitative estimate of drug-likeness (QED) is 0.704. The van der Waals surface area contributed by atoms with Gasteiger partial charge in [-0.3, -0.25) is 0 Å². The Bertz CT molecular complexity index is 409. The summed E-state index contributed by atoms with van der Waals surface area (Å²) >= 11 is 5.34. The van der Waals surface area contributed by atoms with E-state index in [0.29, 0.717) is 11.0 Å². The first-order valence-electron chi connectivity index (χ1n) is 7.39. The zero-order valence-corrected chi connectivity index (χ0v) is 13.6. The molecule has 1 rings (SSSR count). The van der Waals surface area contributed by atoms with Crippen molar-refractivity contribution < 1.29 is 4.74 Å². The third-order valence-electron chi connectivity index (χ3n) is 3.45. The maximum absolute atomic E-state index is 5.34. The molecule has 0 aromatic heterocycles. The van der Waals surface area contributed by atoms with Crippen molar-refractivity contribution >= 4 is 23.0 Å². The van der Waals surface area contributed by atoms with Crippen molar-refractivity contribution in [1.29, 1.82) is 0 Å². The number of nitrogens with one attached hydrogen (secondary N) is 2. The van der Waals surface area contributed by atoms with E-state index in [1.54, 1.807) is 7.11 Å². The zero-order chi connectivity index (χ0) is 14.8. The fourth-order valence-corrected chi connectivity index (χ4v) is 2.29. The molecular formula is C16H26N2OS. The molecule has 0 aliphatic heterocycles. The summed E-state index contributed by atoms with van der Waals surface area (Å²) in [5.41, 5.74) is 0.897. The number of methoxy groups -OCH3 is 1. The Morgan fingerprint density at radius 3 is 2.70 bits per heavy atom.